The highest BCUT2D eigenvalue weighted by atomic mass is 32.2. The molecule has 0 spiro atoms. The minimum Gasteiger partial charge on any atom is -0.497 e. The normalized spacial score (nSPS) is 18.5. The lowest BCUT2D eigenvalue weighted by Gasteiger charge is -2.41. The van der Waals surface area contributed by atoms with Crippen LogP contribution >= 0.6 is 11.8 Å². The van der Waals surface area contributed by atoms with Crippen LogP contribution in [0.2, 0.25) is 0 Å². The van der Waals surface area contributed by atoms with Gasteiger partial charge in [-0.1, -0.05) is 38.5 Å². The van der Waals surface area contributed by atoms with Gasteiger partial charge in [-0.3, -0.25) is 9.78 Å². The van der Waals surface area contributed by atoms with Gasteiger partial charge in [0.25, 0.3) is 0 Å². The van der Waals surface area contributed by atoms with Crippen LogP contribution < -0.4 is 4.74 Å². The van der Waals surface area contributed by atoms with Crippen molar-refractivity contribution >= 4 is 28.6 Å². The second-order valence-corrected chi connectivity index (χ2v) is 9.84. The molecule has 2 aromatic rings. The van der Waals surface area contributed by atoms with Gasteiger partial charge >= 0.3 is 0 Å². The van der Waals surface area contributed by atoms with Crippen LogP contribution in [0.3, 0.4) is 0 Å². The molecule has 1 heterocycles. The maximum atomic E-state index is 13.5. The highest BCUT2D eigenvalue weighted by Crippen LogP contribution is 2.34. The van der Waals surface area contributed by atoms with Gasteiger partial charge in [-0.15, -0.1) is 11.8 Å². The molecule has 0 N–H and O–H groups in total. The third kappa shape index (κ3) is 4.93. The van der Waals surface area contributed by atoms with Crippen molar-refractivity contribution in [3.8, 4) is 5.75 Å². The Morgan fingerprint density at radius 3 is 2.27 bits per heavy atom. The molecular formula is C25H34N2O2S. The summed E-state index contributed by atoms with van der Waals surface area (Å²) in [6.45, 7) is 2.02. The SMILES string of the molecule is COc1ccc2nc(C)cc(SCC(=O)N(C3CCCCC3)C3CCCCC3)c2c1. The fraction of sp³-hybridized carbons (Fsp3) is 0.600. The molecule has 0 aliphatic heterocycles. The van der Waals surface area contributed by atoms with Crippen LogP contribution in [0, 0.1) is 6.92 Å². The van der Waals surface area contributed by atoms with E-state index in [9.17, 15) is 4.79 Å². The highest BCUT2D eigenvalue weighted by molar-refractivity contribution is 8.00. The van der Waals surface area contributed by atoms with E-state index < -0.39 is 0 Å². The van der Waals surface area contributed by atoms with Gasteiger partial charge in [0.05, 0.1) is 18.4 Å². The largest absolute Gasteiger partial charge is 0.497 e. The molecule has 1 amide bonds. The Morgan fingerprint density at radius 2 is 1.67 bits per heavy atom. The van der Waals surface area contributed by atoms with Crippen LogP contribution in [-0.2, 0) is 4.79 Å². The van der Waals surface area contributed by atoms with E-state index in [4.69, 9.17) is 4.74 Å². The summed E-state index contributed by atoms with van der Waals surface area (Å²) in [7, 11) is 1.69. The molecule has 0 atom stereocenters. The van der Waals surface area contributed by atoms with E-state index in [0.717, 1.165) is 27.2 Å². The second kappa shape index (κ2) is 10.0. The average Bonchev–Trinajstić information content (AvgIpc) is 2.78. The number of methoxy groups -OCH3 is 1. The van der Waals surface area contributed by atoms with Crippen LogP contribution in [0.15, 0.2) is 29.2 Å². The number of benzene rings is 1. The molecule has 0 radical (unpaired) electrons. The first-order valence-electron chi connectivity index (χ1n) is 11.5. The van der Waals surface area contributed by atoms with Crippen molar-refractivity contribution in [2.24, 2.45) is 0 Å². The number of ether oxygens (including phenoxy) is 1. The molecule has 0 bridgehead atoms. The van der Waals surface area contributed by atoms with Gasteiger partial charge in [0.1, 0.15) is 5.75 Å². The number of carbonyl (C=O) groups is 1. The highest BCUT2D eigenvalue weighted by Gasteiger charge is 2.32. The standard InChI is InChI=1S/C25H34N2O2S/c1-18-15-24(22-16-21(29-2)13-14-23(22)26-18)30-17-25(28)27(19-9-5-3-6-10-19)20-11-7-4-8-12-20/h13-16,19-20H,3-12,17H2,1-2H3. The van der Waals surface area contributed by atoms with Gasteiger partial charge in [0.2, 0.25) is 5.91 Å². The molecular weight excluding hydrogens is 392 g/mol. The van der Waals surface area contributed by atoms with Crippen molar-refractivity contribution in [2.45, 2.75) is 88.1 Å². The van der Waals surface area contributed by atoms with Crippen molar-refractivity contribution in [1.29, 1.82) is 0 Å². The maximum absolute atomic E-state index is 13.5. The number of fused-ring (bicyclic) bond motifs is 1. The molecule has 0 saturated heterocycles. The number of aromatic nitrogens is 1. The number of amides is 1. The van der Waals surface area contributed by atoms with Crippen LogP contribution in [0.25, 0.3) is 10.9 Å². The molecule has 4 rings (SSSR count). The van der Waals surface area contributed by atoms with E-state index in [1.807, 2.05) is 25.1 Å². The summed E-state index contributed by atoms with van der Waals surface area (Å²) in [5, 5.41) is 1.07. The molecule has 0 unspecified atom stereocenters. The molecule has 2 aliphatic carbocycles. The average molecular weight is 427 g/mol. The fourth-order valence-corrected chi connectivity index (χ4v) is 6.18. The lowest BCUT2D eigenvalue weighted by molar-refractivity contribution is -0.135. The van der Waals surface area contributed by atoms with Gasteiger partial charge in [0.15, 0.2) is 0 Å². The Bertz CT molecular complexity index is 855. The lowest BCUT2D eigenvalue weighted by atomic mass is 9.88. The molecule has 5 heteroatoms. The first-order valence-corrected chi connectivity index (χ1v) is 12.5. The van der Waals surface area contributed by atoms with Gasteiger partial charge in [-0.05, 0) is 56.9 Å². The zero-order valence-corrected chi connectivity index (χ0v) is 19.2. The molecule has 1 aromatic carbocycles. The zero-order chi connectivity index (χ0) is 20.9. The number of pyridine rings is 1. The lowest BCUT2D eigenvalue weighted by Crippen LogP contribution is -2.49. The fourth-order valence-electron chi connectivity index (χ4n) is 5.18. The van der Waals surface area contributed by atoms with Crippen molar-refractivity contribution in [2.75, 3.05) is 12.9 Å². The smallest absolute Gasteiger partial charge is 0.233 e. The minimum atomic E-state index is 0.323. The van der Waals surface area contributed by atoms with E-state index >= 15 is 0 Å². The zero-order valence-electron chi connectivity index (χ0n) is 18.4. The van der Waals surface area contributed by atoms with Crippen LogP contribution in [0.4, 0.5) is 0 Å². The summed E-state index contributed by atoms with van der Waals surface area (Å²) in [6, 6.07) is 8.99. The van der Waals surface area contributed by atoms with E-state index in [1.54, 1.807) is 18.9 Å². The molecule has 1 aromatic heterocycles. The Labute approximate surface area is 184 Å². The van der Waals surface area contributed by atoms with Crippen molar-refractivity contribution in [3.05, 3.63) is 30.0 Å². The molecule has 2 fully saturated rings. The predicted octanol–water partition coefficient (Wildman–Crippen LogP) is 6.14. The Morgan fingerprint density at radius 1 is 1.03 bits per heavy atom. The van der Waals surface area contributed by atoms with Crippen LogP contribution in [-0.4, -0.2) is 40.7 Å². The summed E-state index contributed by atoms with van der Waals surface area (Å²) in [5.41, 5.74) is 1.95. The first kappa shape index (κ1) is 21.5. The predicted molar refractivity (Wildman–Crippen MR) is 124 cm³/mol. The summed E-state index contributed by atoms with van der Waals surface area (Å²) in [6.07, 6.45) is 12.4. The topological polar surface area (TPSA) is 42.4 Å². The molecule has 30 heavy (non-hydrogen) atoms. The number of nitrogens with zero attached hydrogens (tertiary/aromatic N) is 2. The first-order chi connectivity index (χ1) is 14.7. The number of thioether (sulfide) groups is 1. The van der Waals surface area contributed by atoms with E-state index in [2.05, 4.69) is 16.0 Å². The molecule has 162 valence electrons. The number of aryl methyl sites for hydroxylation is 1. The Kier molecular flexibility index (Phi) is 7.19. The molecule has 2 saturated carbocycles. The Hall–Kier alpha value is -1.75. The molecule has 2 aliphatic rings. The van der Waals surface area contributed by atoms with Gasteiger partial charge < -0.3 is 9.64 Å². The van der Waals surface area contributed by atoms with Crippen molar-refractivity contribution in [1.82, 2.24) is 9.88 Å². The maximum Gasteiger partial charge on any atom is 0.233 e. The van der Waals surface area contributed by atoms with Crippen molar-refractivity contribution < 1.29 is 9.53 Å². The third-order valence-corrected chi connectivity index (χ3v) is 7.72. The summed E-state index contributed by atoms with van der Waals surface area (Å²) in [5.74, 6) is 1.65. The van der Waals surface area contributed by atoms with Crippen LogP contribution in [0.1, 0.15) is 69.9 Å². The minimum absolute atomic E-state index is 0.323. The number of rotatable bonds is 6. The Balaban J connectivity index is 1.54. The monoisotopic (exact) mass is 426 g/mol. The van der Waals surface area contributed by atoms with Crippen molar-refractivity contribution in [3.63, 3.8) is 0 Å². The summed E-state index contributed by atoms with van der Waals surface area (Å²) >= 11 is 1.66. The summed E-state index contributed by atoms with van der Waals surface area (Å²) < 4.78 is 5.42. The van der Waals surface area contributed by atoms with E-state index in [0.29, 0.717) is 23.7 Å². The number of hydrogen-bond donors (Lipinski definition) is 0. The second-order valence-electron chi connectivity index (χ2n) is 8.82. The van der Waals surface area contributed by atoms with Gasteiger partial charge in [-0.2, -0.15) is 0 Å². The number of carbonyl (C=O) groups excluding carboxylic acids is 1. The quantitative estimate of drug-likeness (QED) is 0.521. The summed E-state index contributed by atoms with van der Waals surface area (Å²) in [4.78, 5) is 21.6. The van der Waals surface area contributed by atoms with Gasteiger partial charge in [-0.25, -0.2) is 0 Å². The van der Waals surface area contributed by atoms with Crippen LogP contribution in [0.5, 0.6) is 5.75 Å². The third-order valence-electron chi connectivity index (χ3n) is 6.68. The molecule has 4 nitrogen and oxygen atoms in total. The van der Waals surface area contributed by atoms with E-state index in [-0.39, 0.29) is 0 Å². The van der Waals surface area contributed by atoms with Gasteiger partial charge in [0, 0.05) is 28.1 Å². The number of hydrogen-bond acceptors (Lipinski definition) is 4. The van der Waals surface area contributed by atoms with E-state index in [1.165, 1.54) is 64.2 Å².